The number of ketones is 1. The van der Waals surface area contributed by atoms with Crippen LogP contribution in [0.1, 0.15) is 13.8 Å². The van der Waals surface area contributed by atoms with E-state index in [9.17, 15) is 9.59 Å². The van der Waals surface area contributed by atoms with E-state index >= 15 is 0 Å². The molecular weight excluding hydrogens is 172 g/mol. The third-order valence-corrected chi connectivity index (χ3v) is 1.74. The predicted octanol–water partition coefficient (Wildman–Crippen LogP) is 0.465. The maximum atomic E-state index is 11.3. The molecule has 0 spiro atoms. The number of carbonyl (C=O) groups excluding carboxylic acids is 2. The van der Waals surface area contributed by atoms with Crippen molar-refractivity contribution in [2.75, 3.05) is 19.8 Å². The minimum absolute atomic E-state index is 0.160. The monoisotopic (exact) mass is 184 g/mol. The molecule has 1 fully saturated rings. The van der Waals surface area contributed by atoms with Crippen LogP contribution in [0.15, 0.2) is 11.1 Å². The van der Waals surface area contributed by atoms with Crippen molar-refractivity contribution in [2.45, 2.75) is 13.8 Å². The van der Waals surface area contributed by atoms with Crippen molar-refractivity contribution in [1.82, 2.24) is 0 Å². The van der Waals surface area contributed by atoms with Gasteiger partial charge in [-0.15, -0.1) is 0 Å². The second-order valence-corrected chi connectivity index (χ2v) is 2.75. The Kier molecular flexibility index (Phi) is 3.19. The van der Waals surface area contributed by atoms with Gasteiger partial charge < -0.3 is 9.47 Å². The Morgan fingerprint density at radius 1 is 1.46 bits per heavy atom. The number of rotatable bonds is 3. The van der Waals surface area contributed by atoms with E-state index in [2.05, 4.69) is 0 Å². The lowest BCUT2D eigenvalue weighted by molar-refractivity contribution is -0.140. The van der Waals surface area contributed by atoms with Crippen LogP contribution >= 0.6 is 0 Å². The van der Waals surface area contributed by atoms with Crippen molar-refractivity contribution in [1.29, 1.82) is 0 Å². The third kappa shape index (κ3) is 2.15. The van der Waals surface area contributed by atoms with Crippen LogP contribution in [-0.4, -0.2) is 31.6 Å². The molecule has 1 rings (SSSR count). The predicted molar refractivity (Wildman–Crippen MR) is 45.2 cm³/mol. The van der Waals surface area contributed by atoms with Gasteiger partial charge >= 0.3 is 5.97 Å². The van der Waals surface area contributed by atoms with Crippen LogP contribution in [0.25, 0.3) is 0 Å². The smallest absolute Gasteiger partial charge is 0.341 e. The molecule has 1 saturated heterocycles. The van der Waals surface area contributed by atoms with Gasteiger partial charge in [0.05, 0.1) is 19.8 Å². The van der Waals surface area contributed by atoms with Crippen molar-refractivity contribution in [3.8, 4) is 0 Å². The van der Waals surface area contributed by atoms with Gasteiger partial charge in [-0.2, -0.15) is 0 Å². The minimum Gasteiger partial charge on any atom is -0.462 e. The van der Waals surface area contributed by atoms with Gasteiger partial charge in [-0.05, 0) is 19.4 Å². The van der Waals surface area contributed by atoms with Gasteiger partial charge in [-0.3, -0.25) is 4.79 Å². The molecule has 0 atom stereocenters. The molecule has 72 valence electrons. The largest absolute Gasteiger partial charge is 0.462 e. The van der Waals surface area contributed by atoms with Crippen LogP contribution in [0.3, 0.4) is 0 Å². The fourth-order valence-electron chi connectivity index (χ4n) is 1.09. The SMILES string of the molecule is CCOC(=O)C(C(C)=O)=C1COC1. The average Bonchev–Trinajstić information content (AvgIpc) is 1.95. The first-order chi connectivity index (χ1) is 6.16. The van der Waals surface area contributed by atoms with Crippen LogP contribution in [-0.2, 0) is 19.1 Å². The van der Waals surface area contributed by atoms with Crippen molar-refractivity contribution >= 4 is 11.8 Å². The molecule has 0 aromatic rings. The number of hydrogen-bond acceptors (Lipinski definition) is 4. The van der Waals surface area contributed by atoms with Gasteiger partial charge in [0.2, 0.25) is 0 Å². The Labute approximate surface area is 76.5 Å². The summed E-state index contributed by atoms with van der Waals surface area (Å²) in [5.74, 6) is -0.787. The molecule has 0 aliphatic carbocycles. The average molecular weight is 184 g/mol. The normalized spacial score (nSPS) is 14.8. The maximum Gasteiger partial charge on any atom is 0.341 e. The van der Waals surface area contributed by atoms with Gasteiger partial charge in [0.25, 0.3) is 0 Å². The Morgan fingerprint density at radius 2 is 2.08 bits per heavy atom. The molecule has 4 heteroatoms. The number of ether oxygens (including phenoxy) is 2. The topological polar surface area (TPSA) is 52.6 Å². The van der Waals surface area contributed by atoms with Gasteiger partial charge in [-0.1, -0.05) is 0 Å². The first-order valence-electron chi connectivity index (χ1n) is 4.14. The van der Waals surface area contributed by atoms with E-state index in [1.807, 2.05) is 0 Å². The molecular formula is C9H12O4. The van der Waals surface area contributed by atoms with Crippen molar-refractivity contribution in [2.24, 2.45) is 0 Å². The van der Waals surface area contributed by atoms with Crippen LogP contribution in [0.2, 0.25) is 0 Å². The maximum absolute atomic E-state index is 11.3. The van der Waals surface area contributed by atoms with Gasteiger partial charge in [0, 0.05) is 0 Å². The summed E-state index contributed by atoms with van der Waals surface area (Å²) in [6.45, 7) is 4.08. The first-order valence-corrected chi connectivity index (χ1v) is 4.14. The van der Waals surface area contributed by atoms with Gasteiger partial charge in [0.15, 0.2) is 5.78 Å². The molecule has 13 heavy (non-hydrogen) atoms. The summed E-state index contributed by atoms with van der Waals surface area (Å²) in [4.78, 5) is 22.3. The van der Waals surface area contributed by atoms with E-state index in [0.717, 1.165) is 5.57 Å². The van der Waals surface area contributed by atoms with Crippen LogP contribution in [0.5, 0.6) is 0 Å². The summed E-state index contributed by atoms with van der Waals surface area (Å²) in [5, 5.41) is 0. The van der Waals surface area contributed by atoms with Crippen LogP contribution in [0.4, 0.5) is 0 Å². The van der Waals surface area contributed by atoms with E-state index < -0.39 is 5.97 Å². The van der Waals surface area contributed by atoms with E-state index in [-0.39, 0.29) is 18.0 Å². The van der Waals surface area contributed by atoms with E-state index in [0.29, 0.717) is 13.2 Å². The highest BCUT2D eigenvalue weighted by atomic mass is 16.5. The Morgan fingerprint density at radius 3 is 2.38 bits per heavy atom. The molecule has 0 N–H and O–H groups in total. The van der Waals surface area contributed by atoms with E-state index in [4.69, 9.17) is 9.47 Å². The molecule has 0 amide bonds. The van der Waals surface area contributed by atoms with Crippen LogP contribution in [0, 0.1) is 0 Å². The van der Waals surface area contributed by atoms with Gasteiger partial charge in [-0.25, -0.2) is 4.79 Å². The quantitative estimate of drug-likeness (QED) is 0.277. The van der Waals surface area contributed by atoms with Crippen LogP contribution < -0.4 is 0 Å². The lowest BCUT2D eigenvalue weighted by atomic mass is 10.0. The Balaban J connectivity index is 2.79. The van der Waals surface area contributed by atoms with Crippen molar-refractivity contribution < 1.29 is 19.1 Å². The molecule has 0 radical (unpaired) electrons. The second-order valence-electron chi connectivity index (χ2n) is 2.75. The highest BCUT2D eigenvalue weighted by Crippen LogP contribution is 2.16. The fraction of sp³-hybridized carbons (Fsp3) is 0.556. The summed E-state index contributed by atoms with van der Waals surface area (Å²) in [7, 11) is 0. The molecule has 0 aromatic heterocycles. The van der Waals surface area contributed by atoms with Gasteiger partial charge in [0.1, 0.15) is 5.57 Å². The summed E-state index contributed by atoms with van der Waals surface area (Å²) in [6, 6.07) is 0. The van der Waals surface area contributed by atoms with Crippen molar-refractivity contribution in [3.05, 3.63) is 11.1 Å². The first kappa shape index (κ1) is 9.92. The number of carbonyl (C=O) groups is 2. The third-order valence-electron chi connectivity index (χ3n) is 1.74. The molecule has 1 aliphatic heterocycles. The summed E-state index contributed by atoms with van der Waals surface area (Å²) < 4.78 is 9.63. The van der Waals surface area contributed by atoms with E-state index in [1.54, 1.807) is 6.92 Å². The molecule has 1 heterocycles. The number of Topliss-reactive ketones (excluding diaryl/α,β-unsaturated/α-hetero) is 1. The molecule has 0 saturated carbocycles. The molecule has 1 aliphatic rings. The highest BCUT2D eigenvalue weighted by Gasteiger charge is 2.25. The zero-order chi connectivity index (χ0) is 9.84. The lowest BCUT2D eigenvalue weighted by Gasteiger charge is -2.20. The van der Waals surface area contributed by atoms with E-state index in [1.165, 1.54) is 6.92 Å². The summed E-state index contributed by atoms with van der Waals surface area (Å²) in [6.07, 6.45) is 0. The Bertz CT molecular complexity index is 259. The zero-order valence-corrected chi connectivity index (χ0v) is 7.75. The number of hydrogen-bond donors (Lipinski definition) is 0. The molecule has 0 bridgehead atoms. The highest BCUT2D eigenvalue weighted by molar-refractivity contribution is 6.17. The summed E-state index contributed by atoms with van der Waals surface area (Å²) >= 11 is 0. The van der Waals surface area contributed by atoms with Crippen molar-refractivity contribution in [3.63, 3.8) is 0 Å². The molecule has 0 unspecified atom stereocenters. The second kappa shape index (κ2) is 4.18. The Hall–Kier alpha value is -1.16. The summed E-state index contributed by atoms with van der Waals surface area (Å²) in [5.41, 5.74) is 0.902. The number of esters is 1. The molecule has 4 nitrogen and oxygen atoms in total. The standard InChI is InChI=1S/C9H12O4/c1-3-13-9(11)8(6(2)10)7-4-12-5-7/h3-5H2,1-2H3. The minimum atomic E-state index is -0.534. The molecule has 0 aromatic carbocycles. The fourth-order valence-corrected chi connectivity index (χ4v) is 1.09. The lowest BCUT2D eigenvalue weighted by Crippen LogP contribution is -2.26. The zero-order valence-electron chi connectivity index (χ0n) is 7.75.